The Balaban J connectivity index is 0.000000325. The molecule has 0 saturated carbocycles. The average molecular weight is 482 g/mol. The third-order valence-electron chi connectivity index (χ3n) is 4.98. The second kappa shape index (κ2) is 8.78. The molecule has 0 unspecified atom stereocenters. The number of halogens is 3. The molecule has 0 atom stereocenters. The van der Waals surface area contributed by atoms with E-state index in [0.717, 1.165) is 35.3 Å². The molecular formula is C19H17F3N6O4S. The number of nitrogens with zero attached hydrogens (tertiary/aromatic N) is 5. The first-order chi connectivity index (χ1) is 15.7. The number of carboxylic acids is 1. The molecule has 0 amide bonds. The standard InChI is InChI=1S/C17H16N6O2S.C2HF3O2/c24-16-14-11-4-5-18-9-12(11)26-15(14)19-10-21(16)7-8-23-17(25)22-6-2-1-3-13(22)20-23;3-2(4,5)1(6)7/h1-3,6,10,18H,4-5,7-9H2;(H,6,7). The summed E-state index contributed by atoms with van der Waals surface area (Å²) in [5.74, 6) is -2.76. The summed E-state index contributed by atoms with van der Waals surface area (Å²) in [6.07, 6.45) is -0.977. The number of hydrogen-bond acceptors (Lipinski definition) is 7. The lowest BCUT2D eigenvalue weighted by atomic mass is 10.1. The van der Waals surface area contributed by atoms with Gasteiger partial charge in [-0.05, 0) is 30.7 Å². The molecule has 1 aliphatic rings. The van der Waals surface area contributed by atoms with Crippen LogP contribution in [-0.4, -0.2) is 47.5 Å². The summed E-state index contributed by atoms with van der Waals surface area (Å²) in [6.45, 7) is 2.35. The lowest BCUT2D eigenvalue weighted by Gasteiger charge is -2.12. The van der Waals surface area contributed by atoms with Crippen LogP contribution in [0.4, 0.5) is 13.2 Å². The summed E-state index contributed by atoms with van der Waals surface area (Å²) in [5, 5.41) is 15.5. The van der Waals surface area contributed by atoms with Gasteiger partial charge in [0.25, 0.3) is 5.56 Å². The molecule has 4 aromatic rings. The van der Waals surface area contributed by atoms with E-state index in [9.17, 15) is 22.8 Å². The predicted molar refractivity (Wildman–Crippen MR) is 112 cm³/mol. The molecule has 0 bridgehead atoms. The SMILES string of the molecule is O=C(O)C(F)(F)F.O=c1c2c3c(sc2ncn1CCn1nc2ccccn2c1=O)CNCC3. The van der Waals surface area contributed by atoms with E-state index in [1.54, 1.807) is 40.6 Å². The number of aliphatic carboxylic acids is 1. The Bertz CT molecular complexity index is 1450. The molecule has 0 spiro atoms. The molecule has 2 N–H and O–H groups in total. The zero-order chi connectivity index (χ0) is 23.8. The van der Waals surface area contributed by atoms with E-state index in [2.05, 4.69) is 15.4 Å². The first kappa shape index (κ1) is 22.7. The van der Waals surface area contributed by atoms with Crippen molar-refractivity contribution in [3.63, 3.8) is 0 Å². The molecule has 1 aliphatic heterocycles. The molecule has 5 rings (SSSR count). The van der Waals surface area contributed by atoms with Crippen LogP contribution in [0.2, 0.25) is 0 Å². The maximum absolute atomic E-state index is 12.9. The van der Waals surface area contributed by atoms with Gasteiger partial charge in [0.2, 0.25) is 0 Å². The van der Waals surface area contributed by atoms with Crippen LogP contribution in [0.25, 0.3) is 15.9 Å². The van der Waals surface area contributed by atoms with Crippen molar-refractivity contribution in [3.05, 3.63) is 62.0 Å². The number of aryl methyl sites for hydroxylation is 2. The maximum Gasteiger partial charge on any atom is 0.490 e. The van der Waals surface area contributed by atoms with Crippen molar-refractivity contribution in [3.8, 4) is 0 Å². The first-order valence-electron chi connectivity index (χ1n) is 9.71. The Morgan fingerprint density at radius 2 is 2.00 bits per heavy atom. The summed E-state index contributed by atoms with van der Waals surface area (Å²) >= 11 is 1.58. The molecule has 4 aromatic heterocycles. The van der Waals surface area contributed by atoms with Crippen molar-refractivity contribution in [2.45, 2.75) is 32.2 Å². The molecule has 10 nitrogen and oxygen atoms in total. The number of aromatic nitrogens is 5. The molecular weight excluding hydrogens is 465 g/mol. The second-order valence-corrected chi connectivity index (χ2v) is 8.17. The highest BCUT2D eigenvalue weighted by Gasteiger charge is 2.38. The molecule has 174 valence electrons. The minimum absolute atomic E-state index is 0.0359. The smallest absolute Gasteiger partial charge is 0.475 e. The van der Waals surface area contributed by atoms with E-state index in [1.807, 2.05) is 6.07 Å². The Morgan fingerprint density at radius 1 is 1.24 bits per heavy atom. The number of carbonyl (C=O) groups is 1. The van der Waals surface area contributed by atoms with Gasteiger partial charge in [-0.25, -0.2) is 19.3 Å². The maximum atomic E-state index is 12.9. The van der Waals surface area contributed by atoms with Crippen LogP contribution in [0.1, 0.15) is 10.4 Å². The quantitative estimate of drug-likeness (QED) is 0.450. The molecule has 0 saturated heterocycles. The minimum atomic E-state index is -5.08. The van der Waals surface area contributed by atoms with Gasteiger partial charge in [-0.3, -0.25) is 13.8 Å². The fraction of sp³-hybridized carbons (Fsp3) is 0.316. The number of thiophene rings is 1. The Kier molecular flexibility index (Phi) is 6.03. The van der Waals surface area contributed by atoms with E-state index < -0.39 is 12.1 Å². The van der Waals surface area contributed by atoms with E-state index in [-0.39, 0.29) is 11.2 Å². The summed E-state index contributed by atoms with van der Waals surface area (Å²) in [6, 6.07) is 5.41. The third-order valence-corrected chi connectivity index (χ3v) is 6.12. The minimum Gasteiger partial charge on any atom is -0.475 e. The van der Waals surface area contributed by atoms with Crippen LogP contribution in [0.15, 0.2) is 40.3 Å². The van der Waals surface area contributed by atoms with Gasteiger partial charge in [0, 0.05) is 24.2 Å². The predicted octanol–water partition coefficient (Wildman–Crippen LogP) is 1.25. The molecule has 14 heteroatoms. The number of hydrogen-bond donors (Lipinski definition) is 2. The number of nitrogens with one attached hydrogen (secondary N) is 1. The topological polar surface area (TPSA) is 124 Å². The van der Waals surface area contributed by atoms with Gasteiger partial charge in [0.15, 0.2) is 5.65 Å². The van der Waals surface area contributed by atoms with Gasteiger partial charge in [-0.2, -0.15) is 13.2 Å². The van der Waals surface area contributed by atoms with Crippen molar-refractivity contribution in [1.82, 2.24) is 29.0 Å². The van der Waals surface area contributed by atoms with Gasteiger partial charge in [0.1, 0.15) is 4.83 Å². The van der Waals surface area contributed by atoms with Gasteiger partial charge in [-0.1, -0.05) is 6.07 Å². The largest absolute Gasteiger partial charge is 0.490 e. The lowest BCUT2D eigenvalue weighted by molar-refractivity contribution is -0.192. The van der Waals surface area contributed by atoms with Gasteiger partial charge in [-0.15, -0.1) is 16.4 Å². The fourth-order valence-corrected chi connectivity index (χ4v) is 4.57. The average Bonchev–Trinajstić information content (AvgIpc) is 3.31. The second-order valence-electron chi connectivity index (χ2n) is 7.09. The van der Waals surface area contributed by atoms with Crippen molar-refractivity contribution >= 4 is 33.2 Å². The van der Waals surface area contributed by atoms with Crippen molar-refractivity contribution in [2.75, 3.05) is 6.54 Å². The normalized spacial score (nSPS) is 13.5. The third kappa shape index (κ3) is 4.52. The van der Waals surface area contributed by atoms with Crippen LogP contribution >= 0.6 is 11.3 Å². The molecule has 5 heterocycles. The van der Waals surface area contributed by atoms with Crippen LogP contribution in [-0.2, 0) is 30.8 Å². The molecule has 33 heavy (non-hydrogen) atoms. The zero-order valence-corrected chi connectivity index (χ0v) is 17.7. The van der Waals surface area contributed by atoms with Gasteiger partial charge >= 0.3 is 17.8 Å². The van der Waals surface area contributed by atoms with Gasteiger partial charge in [0.05, 0.1) is 18.3 Å². The van der Waals surface area contributed by atoms with E-state index >= 15 is 0 Å². The highest BCUT2D eigenvalue weighted by atomic mass is 32.1. The molecule has 0 aromatic carbocycles. The fourth-order valence-electron chi connectivity index (χ4n) is 3.43. The first-order valence-corrected chi connectivity index (χ1v) is 10.5. The number of rotatable bonds is 3. The lowest BCUT2D eigenvalue weighted by Crippen LogP contribution is -2.28. The Hall–Kier alpha value is -3.52. The van der Waals surface area contributed by atoms with Gasteiger partial charge < -0.3 is 10.4 Å². The van der Waals surface area contributed by atoms with E-state index in [1.165, 1.54) is 14.0 Å². The number of alkyl halides is 3. The van der Waals surface area contributed by atoms with Crippen LogP contribution in [0.5, 0.6) is 0 Å². The molecule has 0 radical (unpaired) electrons. The Morgan fingerprint density at radius 3 is 2.70 bits per heavy atom. The Labute approximate surface area is 186 Å². The highest BCUT2D eigenvalue weighted by molar-refractivity contribution is 7.18. The zero-order valence-electron chi connectivity index (χ0n) is 16.9. The van der Waals surface area contributed by atoms with Crippen molar-refractivity contribution < 1.29 is 23.1 Å². The summed E-state index contributed by atoms with van der Waals surface area (Å²) in [7, 11) is 0. The number of carboxylic acid groups (broad SMARTS) is 1. The van der Waals surface area contributed by atoms with Crippen LogP contribution in [0, 0.1) is 0 Å². The van der Waals surface area contributed by atoms with E-state index in [4.69, 9.17) is 9.90 Å². The van der Waals surface area contributed by atoms with Crippen LogP contribution in [0.3, 0.4) is 0 Å². The van der Waals surface area contributed by atoms with Crippen molar-refractivity contribution in [2.24, 2.45) is 0 Å². The molecule has 0 fully saturated rings. The number of fused-ring (bicyclic) bond motifs is 4. The molecule has 0 aliphatic carbocycles. The van der Waals surface area contributed by atoms with E-state index in [0.29, 0.717) is 18.7 Å². The highest BCUT2D eigenvalue weighted by Crippen LogP contribution is 2.29. The summed E-state index contributed by atoms with van der Waals surface area (Å²) < 4.78 is 36.2. The summed E-state index contributed by atoms with van der Waals surface area (Å²) in [4.78, 5) is 40.6. The van der Waals surface area contributed by atoms with Crippen LogP contribution < -0.4 is 16.6 Å². The number of pyridine rings is 1. The monoisotopic (exact) mass is 482 g/mol. The summed E-state index contributed by atoms with van der Waals surface area (Å²) in [5.41, 5.74) is 1.48. The van der Waals surface area contributed by atoms with Crippen molar-refractivity contribution in [1.29, 1.82) is 0 Å².